The standard InChI is InChI=1S/C51H76O11/c1-8-10-12-14-16-18-20-21-23-25-27-29-31-40(53)57-34-47-44(59-47)41-45-50(35(3)4)43(58-38(7)52)37(6)51(41,39-33-36(5)42(54)49(39,56)46(47)55)62-48(60-45,61-50)32-30-28-26-24-22-19-17-15-13-11-9-2/h23,25-26,28,30,32-33,37,39,41,43-46,55-56H,3,8-22,24,27,29,31,34H2,1-2,4-7H3. The predicted octanol–water partition coefficient (Wildman–Crippen LogP) is 9.39. The molecule has 0 amide bonds. The molecule has 11 nitrogen and oxygen atoms in total. The number of rotatable bonds is 26. The highest BCUT2D eigenvalue weighted by Crippen LogP contribution is 2.73. The smallest absolute Gasteiger partial charge is 0.307 e. The average Bonchev–Trinajstić information content (AvgIpc) is 3.85. The number of carbonyl (C=O) groups excluding carboxylic acids is 3. The third-order valence-electron chi connectivity index (χ3n) is 14.7. The number of epoxide rings is 1. The van der Waals surface area contributed by atoms with E-state index in [9.17, 15) is 24.6 Å². The van der Waals surface area contributed by atoms with Crippen molar-refractivity contribution in [3.63, 3.8) is 0 Å². The van der Waals surface area contributed by atoms with E-state index in [1.165, 1.54) is 84.0 Å². The van der Waals surface area contributed by atoms with Gasteiger partial charge in [-0.1, -0.05) is 141 Å². The lowest BCUT2D eigenvalue weighted by Crippen LogP contribution is -2.76. The topological polar surface area (TPSA) is 150 Å². The molecule has 2 N–H and O–H groups in total. The van der Waals surface area contributed by atoms with E-state index in [1.54, 1.807) is 32.1 Å². The van der Waals surface area contributed by atoms with Crippen molar-refractivity contribution in [3.05, 3.63) is 60.3 Å². The summed E-state index contributed by atoms with van der Waals surface area (Å²) < 4.78 is 39.4. The molecule has 11 heteroatoms. The highest BCUT2D eigenvalue weighted by atomic mass is 16.9. The van der Waals surface area contributed by atoms with Crippen LogP contribution in [0.25, 0.3) is 0 Å². The van der Waals surface area contributed by atoms with Gasteiger partial charge in [-0.05, 0) is 63.5 Å². The van der Waals surface area contributed by atoms with Crippen LogP contribution in [0.15, 0.2) is 60.3 Å². The zero-order valence-electron chi connectivity index (χ0n) is 38.5. The van der Waals surface area contributed by atoms with Gasteiger partial charge in [0.2, 0.25) is 0 Å². The lowest BCUT2D eigenvalue weighted by Gasteiger charge is -2.61. The summed E-state index contributed by atoms with van der Waals surface area (Å²) >= 11 is 0. The Morgan fingerprint density at radius 2 is 1.42 bits per heavy atom. The Morgan fingerprint density at radius 1 is 0.823 bits per heavy atom. The second-order valence-corrected chi connectivity index (χ2v) is 19.1. The fourth-order valence-corrected chi connectivity index (χ4v) is 11.4. The highest BCUT2D eigenvalue weighted by Gasteiger charge is 2.90. The van der Waals surface area contributed by atoms with Crippen molar-refractivity contribution in [1.29, 1.82) is 0 Å². The SMILES string of the molecule is C=C(C)C12OC3(C=CC=CCCCCCCCCC)OC1C1C4OC4(COC(=O)CCCC=CCCCCCCCCC)C(O)C4(O)C(=O)C(C)=CC4C1(O3)C(C)C2OC(C)=O. The van der Waals surface area contributed by atoms with Crippen molar-refractivity contribution >= 4 is 17.7 Å². The molecule has 3 heterocycles. The molecule has 5 fully saturated rings. The number of Topliss-reactive ketones (excluding diaryl/α,β-unsaturated/α-hetero) is 1. The summed E-state index contributed by atoms with van der Waals surface area (Å²) in [6.45, 7) is 15.0. The van der Waals surface area contributed by atoms with Gasteiger partial charge in [-0.15, -0.1) is 0 Å². The first-order chi connectivity index (χ1) is 29.7. The van der Waals surface area contributed by atoms with E-state index in [0.29, 0.717) is 12.0 Å². The molecule has 346 valence electrons. The summed E-state index contributed by atoms with van der Waals surface area (Å²) in [5.74, 6) is -6.26. The number of carbonyl (C=O) groups is 3. The predicted molar refractivity (Wildman–Crippen MR) is 237 cm³/mol. The van der Waals surface area contributed by atoms with Gasteiger partial charge in [0.05, 0.1) is 5.60 Å². The number of ether oxygens (including phenoxy) is 6. The zero-order chi connectivity index (χ0) is 44.8. The van der Waals surface area contributed by atoms with E-state index in [0.717, 1.165) is 32.1 Å². The van der Waals surface area contributed by atoms with Gasteiger partial charge >= 0.3 is 17.9 Å². The van der Waals surface area contributed by atoms with Gasteiger partial charge in [-0.2, -0.15) is 0 Å². The van der Waals surface area contributed by atoms with Gasteiger partial charge in [0, 0.05) is 37.2 Å². The summed E-state index contributed by atoms with van der Waals surface area (Å²) in [6.07, 6.45) is 29.5. The number of hydrogen-bond donors (Lipinski definition) is 2. The summed E-state index contributed by atoms with van der Waals surface area (Å²) in [7, 11) is 0. The second kappa shape index (κ2) is 20.5. The van der Waals surface area contributed by atoms with Crippen molar-refractivity contribution in [3.8, 4) is 0 Å². The Hall–Kier alpha value is -2.93. The van der Waals surface area contributed by atoms with E-state index >= 15 is 0 Å². The van der Waals surface area contributed by atoms with Gasteiger partial charge in [0.25, 0.3) is 0 Å². The van der Waals surface area contributed by atoms with Crippen molar-refractivity contribution in [1.82, 2.24) is 0 Å². The third kappa shape index (κ3) is 9.02. The minimum absolute atomic E-state index is 0.156. The molecule has 12 atom stereocenters. The van der Waals surface area contributed by atoms with E-state index in [1.807, 2.05) is 13.0 Å². The van der Waals surface area contributed by atoms with Crippen LogP contribution >= 0.6 is 0 Å². The minimum atomic E-state index is -2.45. The fourth-order valence-electron chi connectivity index (χ4n) is 11.4. The quantitative estimate of drug-likeness (QED) is 0.0282. The number of esters is 2. The van der Waals surface area contributed by atoms with E-state index in [-0.39, 0.29) is 12.0 Å². The van der Waals surface area contributed by atoms with E-state index < -0.39 is 94.9 Å². The summed E-state index contributed by atoms with van der Waals surface area (Å²) in [4.78, 5) is 40.4. The molecule has 0 aromatic heterocycles. The molecule has 3 saturated heterocycles. The lowest BCUT2D eigenvalue weighted by molar-refractivity contribution is -0.407. The normalized spacial score (nSPS) is 37.7. The van der Waals surface area contributed by atoms with Crippen LogP contribution in [0.1, 0.15) is 164 Å². The highest BCUT2D eigenvalue weighted by molar-refractivity contribution is 6.05. The third-order valence-corrected chi connectivity index (χ3v) is 14.7. The number of allylic oxidation sites excluding steroid dienone is 5. The minimum Gasteiger partial charge on any atom is -0.462 e. The molecular formula is C51H76O11. The fraction of sp³-hybridized carbons (Fsp3) is 0.745. The van der Waals surface area contributed by atoms with Crippen LogP contribution in [-0.2, 0) is 42.8 Å². The van der Waals surface area contributed by atoms with Crippen LogP contribution in [-0.4, -0.2) is 87.3 Å². The molecule has 6 aliphatic rings. The van der Waals surface area contributed by atoms with Gasteiger partial charge in [-0.25, -0.2) is 0 Å². The molecule has 6 rings (SSSR count). The lowest BCUT2D eigenvalue weighted by atomic mass is 9.53. The monoisotopic (exact) mass is 865 g/mol. The number of ketones is 1. The van der Waals surface area contributed by atoms with Gasteiger partial charge in [0.15, 0.2) is 22.6 Å². The van der Waals surface area contributed by atoms with Crippen LogP contribution in [0.2, 0.25) is 0 Å². The number of unbranched alkanes of at least 4 members (excludes halogenated alkanes) is 15. The second-order valence-electron chi connectivity index (χ2n) is 19.1. The van der Waals surface area contributed by atoms with Crippen LogP contribution in [0.3, 0.4) is 0 Å². The maximum absolute atomic E-state index is 14.2. The number of aliphatic hydroxyl groups excluding tert-OH is 1. The molecule has 3 aliphatic heterocycles. The Labute approximate surface area is 370 Å². The molecule has 3 bridgehead atoms. The molecule has 0 aromatic rings. The zero-order valence-corrected chi connectivity index (χ0v) is 38.5. The molecule has 0 aromatic carbocycles. The first-order valence-corrected chi connectivity index (χ1v) is 24.1. The molecular weight excluding hydrogens is 789 g/mol. The molecule has 12 unspecified atom stereocenters. The van der Waals surface area contributed by atoms with Crippen LogP contribution < -0.4 is 0 Å². The van der Waals surface area contributed by atoms with Crippen molar-refractivity contribution < 1.29 is 53.0 Å². The van der Waals surface area contributed by atoms with Crippen molar-refractivity contribution in [2.75, 3.05) is 6.61 Å². The molecule has 2 saturated carbocycles. The Bertz CT molecular complexity index is 1730. The van der Waals surface area contributed by atoms with Crippen LogP contribution in [0.4, 0.5) is 0 Å². The number of hydrogen-bond acceptors (Lipinski definition) is 11. The van der Waals surface area contributed by atoms with Crippen molar-refractivity contribution in [2.45, 2.75) is 216 Å². The Balaban J connectivity index is 1.22. The van der Waals surface area contributed by atoms with E-state index in [2.05, 4.69) is 38.7 Å². The van der Waals surface area contributed by atoms with Gasteiger partial charge in [0.1, 0.15) is 31.0 Å². The van der Waals surface area contributed by atoms with Crippen LogP contribution in [0, 0.1) is 17.8 Å². The molecule has 0 spiro atoms. The van der Waals surface area contributed by atoms with Gasteiger partial charge < -0.3 is 38.6 Å². The van der Waals surface area contributed by atoms with E-state index in [4.69, 9.17) is 28.4 Å². The largest absolute Gasteiger partial charge is 0.462 e. The summed E-state index contributed by atoms with van der Waals surface area (Å²) in [5, 5.41) is 25.2. The van der Waals surface area contributed by atoms with Crippen molar-refractivity contribution in [2.24, 2.45) is 17.8 Å². The Morgan fingerprint density at radius 3 is 2.03 bits per heavy atom. The molecule has 62 heavy (non-hydrogen) atoms. The van der Waals surface area contributed by atoms with Crippen LogP contribution in [0.5, 0.6) is 0 Å². The summed E-state index contributed by atoms with van der Waals surface area (Å²) in [5.41, 5.74) is -6.36. The molecule has 0 radical (unpaired) electrons. The maximum atomic E-state index is 14.2. The number of fused-ring (bicyclic) bond motifs is 3. The first kappa shape index (κ1) is 48.5. The maximum Gasteiger partial charge on any atom is 0.307 e. The van der Waals surface area contributed by atoms with Gasteiger partial charge in [-0.3, -0.25) is 14.4 Å². The first-order valence-electron chi connectivity index (χ1n) is 24.1. The summed E-state index contributed by atoms with van der Waals surface area (Å²) in [6, 6.07) is 0. The Kier molecular flexibility index (Phi) is 16.0. The average molecular weight is 865 g/mol. The molecule has 3 aliphatic carbocycles. The number of aliphatic hydroxyl groups is 2.